The van der Waals surface area contributed by atoms with E-state index in [2.05, 4.69) is 10.1 Å². The molecule has 5 nitrogen and oxygen atoms in total. The van der Waals surface area contributed by atoms with Gasteiger partial charge >= 0.3 is 12.1 Å². The number of hydrogen-bond acceptors (Lipinski definition) is 4. The maximum absolute atomic E-state index is 11.7. The second-order valence-electron chi connectivity index (χ2n) is 3.01. The molecule has 2 N–H and O–H groups in total. The number of ether oxygens (including phenoxy) is 1. The Hall–Kier alpha value is -1.31. The van der Waals surface area contributed by atoms with E-state index in [0.717, 1.165) is 0 Å². The minimum absolute atomic E-state index is 0.239. The second kappa shape index (κ2) is 6.31. The molecular weight excluding hydrogens is 229 g/mol. The van der Waals surface area contributed by atoms with Gasteiger partial charge in [0.1, 0.15) is 6.54 Å². The van der Waals surface area contributed by atoms with Crippen LogP contribution in [-0.2, 0) is 14.3 Å². The largest absolute Gasteiger partial charge is 0.468 e. The van der Waals surface area contributed by atoms with Crippen LogP contribution in [0.25, 0.3) is 0 Å². The van der Waals surface area contributed by atoms with Gasteiger partial charge in [0.25, 0.3) is 0 Å². The first-order valence-electron chi connectivity index (χ1n) is 4.41. The lowest BCUT2D eigenvalue weighted by atomic mass is 10.3. The van der Waals surface area contributed by atoms with E-state index >= 15 is 0 Å². The number of methoxy groups -OCH3 is 1. The van der Waals surface area contributed by atoms with Gasteiger partial charge in [0.15, 0.2) is 0 Å². The summed E-state index contributed by atoms with van der Waals surface area (Å²) in [6, 6.07) is -0.901. The second-order valence-corrected chi connectivity index (χ2v) is 3.01. The summed E-state index contributed by atoms with van der Waals surface area (Å²) in [5.74, 6) is -1.43. The lowest BCUT2D eigenvalue weighted by Gasteiger charge is -2.14. The molecule has 0 aliphatic rings. The molecule has 8 heteroatoms. The molecule has 1 unspecified atom stereocenters. The predicted molar refractivity (Wildman–Crippen MR) is 48.5 cm³/mol. The van der Waals surface area contributed by atoms with Gasteiger partial charge in [0.2, 0.25) is 5.91 Å². The van der Waals surface area contributed by atoms with Gasteiger partial charge in [-0.25, -0.2) is 0 Å². The molecule has 0 aromatic heterocycles. The Bertz CT molecular complexity index is 255. The first-order chi connectivity index (χ1) is 7.26. The third-order valence-corrected chi connectivity index (χ3v) is 1.64. The third-order valence-electron chi connectivity index (χ3n) is 1.64. The minimum atomic E-state index is -4.45. The fourth-order valence-electron chi connectivity index (χ4n) is 0.742. The number of amides is 1. The van der Waals surface area contributed by atoms with Gasteiger partial charge in [-0.2, -0.15) is 13.2 Å². The van der Waals surface area contributed by atoms with E-state index in [9.17, 15) is 22.8 Å². The molecule has 1 atom stereocenters. The first-order valence-corrected chi connectivity index (χ1v) is 4.41. The molecule has 0 heterocycles. The van der Waals surface area contributed by atoms with Crippen LogP contribution < -0.4 is 10.6 Å². The zero-order chi connectivity index (χ0) is 12.8. The van der Waals surface area contributed by atoms with Gasteiger partial charge in [-0.3, -0.25) is 14.9 Å². The average molecular weight is 242 g/mol. The summed E-state index contributed by atoms with van der Waals surface area (Å²) in [4.78, 5) is 21.7. The van der Waals surface area contributed by atoms with Crippen molar-refractivity contribution in [3.05, 3.63) is 0 Å². The van der Waals surface area contributed by atoms with Crippen LogP contribution in [0, 0.1) is 0 Å². The highest BCUT2D eigenvalue weighted by Crippen LogP contribution is 2.12. The lowest BCUT2D eigenvalue weighted by Crippen LogP contribution is -2.46. The van der Waals surface area contributed by atoms with E-state index in [1.807, 2.05) is 0 Å². The summed E-state index contributed by atoms with van der Waals surface area (Å²) < 4.78 is 39.5. The van der Waals surface area contributed by atoms with Crippen molar-refractivity contribution in [3.8, 4) is 0 Å². The van der Waals surface area contributed by atoms with Crippen LogP contribution in [0.3, 0.4) is 0 Å². The normalized spacial score (nSPS) is 13.1. The zero-order valence-corrected chi connectivity index (χ0v) is 8.85. The molecule has 0 radical (unpaired) electrons. The number of halogens is 3. The highest BCUT2D eigenvalue weighted by molar-refractivity contribution is 5.82. The zero-order valence-electron chi connectivity index (χ0n) is 8.85. The highest BCUT2D eigenvalue weighted by Gasteiger charge is 2.28. The summed E-state index contributed by atoms with van der Waals surface area (Å²) in [6.07, 6.45) is -4.45. The number of esters is 1. The monoisotopic (exact) mass is 242 g/mol. The van der Waals surface area contributed by atoms with Crippen molar-refractivity contribution < 1.29 is 27.5 Å². The molecule has 0 bridgehead atoms. The summed E-state index contributed by atoms with van der Waals surface area (Å²) in [7, 11) is 1.17. The molecule has 0 aromatic carbocycles. The number of nitrogens with one attached hydrogen (secondary N) is 2. The van der Waals surface area contributed by atoms with Crippen molar-refractivity contribution in [3.63, 3.8) is 0 Å². The Morgan fingerprint density at radius 2 is 1.94 bits per heavy atom. The highest BCUT2D eigenvalue weighted by atomic mass is 19.4. The smallest absolute Gasteiger partial charge is 0.405 e. The van der Waals surface area contributed by atoms with Crippen LogP contribution in [0.15, 0.2) is 0 Å². The van der Waals surface area contributed by atoms with E-state index in [1.54, 1.807) is 5.32 Å². The van der Waals surface area contributed by atoms with Crippen molar-refractivity contribution in [1.82, 2.24) is 10.6 Å². The Morgan fingerprint density at radius 1 is 1.38 bits per heavy atom. The molecule has 1 amide bonds. The van der Waals surface area contributed by atoms with Crippen molar-refractivity contribution in [2.45, 2.75) is 19.1 Å². The molecule has 0 spiro atoms. The van der Waals surface area contributed by atoms with Crippen LogP contribution in [-0.4, -0.2) is 44.3 Å². The van der Waals surface area contributed by atoms with Crippen molar-refractivity contribution >= 4 is 11.9 Å². The van der Waals surface area contributed by atoms with E-state index in [0.29, 0.717) is 0 Å². The van der Waals surface area contributed by atoms with Crippen LogP contribution >= 0.6 is 0 Å². The van der Waals surface area contributed by atoms with E-state index in [1.165, 1.54) is 14.0 Å². The summed E-state index contributed by atoms with van der Waals surface area (Å²) >= 11 is 0. The minimum Gasteiger partial charge on any atom is -0.468 e. The maximum atomic E-state index is 11.7. The fourth-order valence-corrected chi connectivity index (χ4v) is 0.742. The van der Waals surface area contributed by atoms with E-state index in [4.69, 9.17) is 0 Å². The summed E-state index contributed by atoms with van der Waals surface area (Å²) in [6.45, 7) is -0.290. The summed E-state index contributed by atoms with van der Waals surface area (Å²) in [5.41, 5.74) is 0. The van der Waals surface area contributed by atoms with Crippen molar-refractivity contribution in [2.75, 3.05) is 20.2 Å². The predicted octanol–water partition coefficient (Wildman–Crippen LogP) is -0.184. The summed E-state index contributed by atoms with van der Waals surface area (Å²) in [5, 5.41) is 4.10. The van der Waals surface area contributed by atoms with Crippen molar-refractivity contribution in [1.29, 1.82) is 0 Å². The SMILES string of the molecule is COC(=O)CNC(C)C(=O)NCC(F)(F)F. The number of rotatable bonds is 5. The molecule has 0 saturated heterocycles. The standard InChI is InChI=1S/C8H13F3N2O3/c1-5(12-3-6(14)16-2)7(15)13-4-8(9,10)11/h5,12H,3-4H2,1-2H3,(H,13,15). The number of carbonyl (C=O) groups excluding carboxylic acids is 2. The fraction of sp³-hybridized carbons (Fsp3) is 0.750. The van der Waals surface area contributed by atoms with Gasteiger partial charge in [-0.1, -0.05) is 0 Å². The number of hydrogen-bond donors (Lipinski definition) is 2. The van der Waals surface area contributed by atoms with Crippen LogP contribution in [0.2, 0.25) is 0 Å². The lowest BCUT2D eigenvalue weighted by molar-refractivity contribution is -0.141. The van der Waals surface area contributed by atoms with Crippen molar-refractivity contribution in [2.24, 2.45) is 0 Å². The van der Waals surface area contributed by atoms with Gasteiger partial charge in [-0.15, -0.1) is 0 Å². The molecule has 94 valence electrons. The third kappa shape index (κ3) is 7.04. The average Bonchev–Trinajstić information content (AvgIpc) is 2.20. The van der Waals surface area contributed by atoms with Gasteiger partial charge in [-0.05, 0) is 6.92 Å². The van der Waals surface area contributed by atoms with E-state index < -0.39 is 30.6 Å². The van der Waals surface area contributed by atoms with Gasteiger partial charge in [0.05, 0.1) is 19.7 Å². The number of carbonyl (C=O) groups is 2. The quantitative estimate of drug-likeness (QED) is 0.656. The Kier molecular flexibility index (Phi) is 5.79. The van der Waals surface area contributed by atoms with Gasteiger partial charge < -0.3 is 10.1 Å². The molecule has 0 fully saturated rings. The number of alkyl halides is 3. The van der Waals surface area contributed by atoms with Crippen LogP contribution in [0.4, 0.5) is 13.2 Å². The van der Waals surface area contributed by atoms with E-state index in [-0.39, 0.29) is 6.54 Å². The molecule has 0 rings (SSSR count). The Balaban J connectivity index is 3.86. The topological polar surface area (TPSA) is 67.4 Å². The molecule has 0 aromatic rings. The molecule has 0 aliphatic heterocycles. The molecular formula is C8H13F3N2O3. The first kappa shape index (κ1) is 14.7. The Labute approximate surface area is 90.3 Å². The Morgan fingerprint density at radius 3 is 2.38 bits per heavy atom. The van der Waals surface area contributed by atoms with Crippen LogP contribution in [0.5, 0.6) is 0 Å². The molecule has 16 heavy (non-hydrogen) atoms. The maximum Gasteiger partial charge on any atom is 0.405 e. The molecule has 0 aliphatic carbocycles. The molecule has 0 saturated carbocycles. The van der Waals surface area contributed by atoms with Crippen LogP contribution in [0.1, 0.15) is 6.92 Å². The van der Waals surface area contributed by atoms with Gasteiger partial charge in [0, 0.05) is 0 Å².